The summed E-state index contributed by atoms with van der Waals surface area (Å²) in [6.07, 6.45) is 5.47. The van der Waals surface area contributed by atoms with E-state index in [1.54, 1.807) is 0 Å². The van der Waals surface area contributed by atoms with Crippen molar-refractivity contribution in [1.29, 1.82) is 0 Å². The molecule has 0 spiro atoms. The maximum atomic E-state index is 12.0. The molecule has 0 aliphatic heterocycles. The number of amides is 2. The first-order valence-corrected chi connectivity index (χ1v) is 7.37. The number of nitrogens with one attached hydrogen (secondary N) is 2. The van der Waals surface area contributed by atoms with Gasteiger partial charge in [0, 0.05) is 12.1 Å². The average Bonchev–Trinajstić information content (AvgIpc) is 2.50. The van der Waals surface area contributed by atoms with Crippen LogP contribution in [-0.4, -0.2) is 24.9 Å². The van der Waals surface area contributed by atoms with Crippen LogP contribution in [0.25, 0.3) is 0 Å². The molecule has 2 N–H and O–H groups in total. The number of rotatable bonds is 5. The smallest absolute Gasteiger partial charge is 0.251 e. The van der Waals surface area contributed by atoms with Crippen LogP contribution in [0.15, 0.2) is 18.2 Å². The molecule has 0 heterocycles. The lowest BCUT2D eigenvalue weighted by Crippen LogP contribution is -2.37. The predicted octanol–water partition coefficient (Wildman–Crippen LogP) is 1.82. The Morgan fingerprint density at radius 1 is 1.10 bits per heavy atom. The minimum Gasteiger partial charge on any atom is -0.355 e. The van der Waals surface area contributed by atoms with E-state index >= 15 is 0 Å². The molecule has 0 aromatic heterocycles. The zero-order valence-corrected chi connectivity index (χ0v) is 12.0. The van der Waals surface area contributed by atoms with E-state index < -0.39 is 0 Å². The van der Waals surface area contributed by atoms with E-state index in [1.807, 2.05) is 25.1 Å². The lowest BCUT2D eigenvalue weighted by Gasteiger charge is -2.16. The molecule has 0 bridgehead atoms. The molecule has 0 atom stereocenters. The summed E-state index contributed by atoms with van der Waals surface area (Å²) in [6.45, 7) is 2.68. The van der Waals surface area contributed by atoms with Gasteiger partial charge in [-0.3, -0.25) is 9.59 Å². The predicted molar refractivity (Wildman–Crippen MR) is 78.7 cm³/mol. The van der Waals surface area contributed by atoms with Gasteiger partial charge in [0.25, 0.3) is 5.91 Å². The Morgan fingerprint density at radius 2 is 1.85 bits per heavy atom. The van der Waals surface area contributed by atoms with Crippen LogP contribution in [0, 0.1) is 0 Å². The molecule has 1 aromatic carbocycles. The summed E-state index contributed by atoms with van der Waals surface area (Å²) in [7, 11) is 0. The summed E-state index contributed by atoms with van der Waals surface area (Å²) < 4.78 is 0. The third-order valence-corrected chi connectivity index (χ3v) is 3.59. The fourth-order valence-corrected chi connectivity index (χ4v) is 2.46. The molecule has 2 rings (SSSR count). The molecule has 4 heteroatoms. The monoisotopic (exact) mass is 274 g/mol. The van der Waals surface area contributed by atoms with E-state index in [0.29, 0.717) is 12.1 Å². The Labute approximate surface area is 119 Å². The van der Waals surface area contributed by atoms with Crippen molar-refractivity contribution in [1.82, 2.24) is 10.6 Å². The fourth-order valence-electron chi connectivity index (χ4n) is 2.46. The van der Waals surface area contributed by atoms with Crippen LogP contribution in [0.2, 0.25) is 0 Å². The number of carbonyl (C=O) groups is 2. The average molecular weight is 274 g/mol. The van der Waals surface area contributed by atoms with Crippen LogP contribution >= 0.6 is 0 Å². The Hall–Kier alpha value is -1.84. The molecule has 0 saturated carbocycles. The van der Waals surface area contributed by atoms with Gasteiger partial charge >= 0.3 is 0 Å². The Balaban J connectivity index is 1.91. The minimum absolute atomic E-state index is 0.0376. The summed E-state index contributed by atoms with van der Waals surface area (Å²) in [5, 5.41) is 5.40. The first-order chi connectivity index (χ1) is 9.70. The quantitative estimate of drug-likeness (QED) is 0.860. The topological polar surface area (TPSA) is 58.2 Å². The molecule has 0 unspecified atom stereocenters. The molecule has 4 nitrogen and oxygen atoms in total. The third-order valence-electron chi connectivity index (χ3n) is 3.59. The van der Waals surface area contributed by atoms with Crippen LogP contribution in [-0.2, 0) is 17.6 Å². The summed E-state index contributed by atoms with van der Waals surface area (Å²) >= 11 is 0. The van der Waals surface area contributed by atoms with Crippen molar-refractivity contribution in [3.05, 3.63) is 34.9 Å². The van der Waals surface area contributed by atoms with Gasteiger partial charge in [-0.05, 0) is 55.4 Å². The molecule has 20 heavy (non-hydrogen) atoms. The standard InChI is InChI=1S/C16H22N2O2/c1-2-9-17-15(19)11-18-16(20)14-8-7-12-5-3-4-6-13(12)10-14/h7-8,10H,2-6,9,11H2,1H3,(H,17,19)(H,18,20). The van der Waals surface area contributed by atoms with Gasteiger partial charge in [-0.15, -0.1) is 0 Å². The van der Waals surface area contributed by atoms with Gasteiger partial charge in [-0.1, -0.05) is 13.0 Å². The Kier molecular flexibility index (Phi) is 5.16. The molecular formula is C16H22N2O2. The molecule has 1 aliphatic rings. The largest absolute Gasteiger partial charge is 0.355 e. The summed E-state index contributed by atoms with van der Waals surface area (Å²) in [4.78, 5) is 23.5. The highest BCUT2D eigenvalue weighted by atomic mass is 16.2. The maximum Gasteiger partial charge on any atom is 0.251 e. The molecule has 2 amide bonds. The SMILES string of the molecule is CCCNC(=O)CNC(=O)c1ccc2c(c1)CCCC2. The number of aryl methyl sites for hydroxylation is 2. The maximum absolute atomic E-state index is 12.0. The first-order valence-electron chi connectivity index (χ1n) is 7.37. The molecular weight excluding hydrogens is 252 g/mol. The first kappa shape index (κ1) is 14.6. The number of fused-ring (bicyclic) bond motifs is 1. The zero-order valence-electron chi connectivity index (χ0n) is 12.0. The van der Waals surface area contributed by atoms with E-state index in [2.05, 4.69) is 10.6 Å². The van der Waals surface area contributed by atoms with Crippen LogP contribution in [0.4, 0.5) is 0 Å². The van der Waals surface area contributed by atoms with Crippen molar-refractivity contribution in [2.75, 3.05) is 13.1 Å². The second-order valence-electron chi connectivity index (χ2n) is 5.22. The third kappa shape index (κ3) is 3.83. The van der Waals surface area contributed by atoms with E-state index in [4.69, 9.17) is 0 Å². The highest BCUT2D eigenvalue weighted by Crippen LogP contribution is 2.22. The lowest BCUT2D eigenvalue weighted by molar-refractivity contribution is -0.120. The summed E-state index contributed by atoms with van der Waals surface area (Å²) in [5.74, 6) is -0.316. The van der Waals surface area contributed by atoms with Crippen molar-refractivity contribution in [2.45, 2.75) is 39.0 Å². The van der Waals surface area contributed by atoms with E-state index in [9.17, 15) is 9.59 Å². The van der Waals surface area contributed by atoms with Gasteiger partial charge in [-0.2, -0.15) is 0 Å². The van der Waals surface area contributed by atoms with Gasteiger partial charge in [0.1, 0.15) is 0 Å². The van der Waals surface area contributed by atoms with Crippen LogP contribution in [0.3, 0.4) is 0 Å². The second kappa shape index (κ2) is 7.08. The van der Waals surface area contributed by atoms with Crippen molar-refractivity contribution in [2.24, 2.45) is 0 Å². The van der Waals surface area contributed by atoms with Gasteiger partial charge in [0.05, 0.1) is 6.54 Å². The highest BCUT2D eigenvalue weighted by Gasteiger charge is 2.13. The summed E-state index contributed by atoms with van der Waals surface area (Å²) in [5.41, 5.74) is 3.28. The molecule has 0 radical (unpaired) electrons. The number of carbonyl (C=O) groups excluding carboxylic acids is 2. The lowest BCUT2D eigenvalue weighted by atomic mass is 9.90. The Morgan fingerprint density at radius 3 is 2.60 bits per heavy atom. The molecule has 1 aromatic rings. The van der Waals surface area contributed by atoms with Gasteiger partial charge < -0.3 is 10.6 Å². The van der Waals surface area contributed by atoms with E-state index in [0.717, 1.165) is 19.3 Å². The second-order valence-corrected chi connectivity index (χ2v) is 5.22. The molecule has 0 saturated heterocycles. The van der Waals surface area contributed by atoms with Gasteiger partial charge in [0.15, 0.2) is 0 Å². The van der Waals surface area contributed by atoms with Gasteiger partial charge in [-0.25, -0.2) is 0 Å². The number of benzene rings is 1. The van der Waals surface area contributed by atoms with Crippen molar-refractivity contribution in [3.63, 3.8) is 0 Å². The highest BCUT2D eigenvalue weighted by molar-refractivity contribution is 5.96. The van der Waals surface area contributed by atoms with Gasteiger partial charge in [0.2, 0.25) is 5.91 Å². The van der Waals surface area contributed by atoms with Crippen molar-refractivity contribution < 1.29 is 9.59 Å². The normalized spacial score (nSPS) is 13.4. The van der Waals surface area contributed by atoms with Crippen LogP contribution < -0.4 is 10.6 Å². The molecule has 108 valence electrons. The van der Waals surface area contributed by atoms with Crippen LogP contribution in [0.1, 0.15) is 47.7 Å². The van der Waals surface area contributed by atoms with Crippen LogP contribution in [0.5, 0.6) is 0 Å². The number of hydrogen-bond donors (Lipinski definition) is 2. The molecule has 0 fully saturated rings. The Bertz CT molecular complexity index is 497. The van der Waals surface area contributed by atoms with Crippen molar-refractivity contribution in [3.8, 4) is 0 Å². The number of hydrogen-bond acceptors (Lipinski definition) is 2. The summed E-state index contributed by atoms with van der Waals surface area (Å²) in [6, 6.07) is 5.86. The van der Waals surface area contributed by atoms with E-state index in [1.165, 1.54) is 24.0 Å². The fraction of sp³-hybridized carbons (Fsp3) is 0.500. The van der Waals surface area contributed by atoms with Crippen molar-refractivity contribution >= 4 is 11.8 Å². The zero-order chi connectivity index (χ0) is 14.4. The minimum atomic E-state index is -0.176. The molecule has 1 aliphatic carbocycles. The van der Waals surface area contributed by atoms with E-state index in [-0.39, 0.29) is 18.4 Å².